The molecule has 1 amide bonds. The van der Waals surface area contributed by atoms with Crippen molar-refractivity contribution in [1.29, 1.82) is 0 Å². The molecule has 0 aliphatic carbocycles. The first-order valence-electron chi connectivity index (χ1n) is 11.9. The maximum atomic E-state index is 13.1. The normalized spacial score (nSPS) is 22.0. The summed E-state index contributed by atoms with van der Waals surface area (Å²) in [5, 5.41) is 3.85. The molecule has 1 aromatic heterocycles. The summed E-state index contributed by atoms with van der Waals surface area (Å²) in [5.41, 5.74) is 2.70. The third-order valence-corrected chi connectivity index (χ3v) is 6.82. The highest BCUT2D eigenvalue weighted by Gasteiger charge is 2.25. The molecule has 3 heterocycles. The molecule has 2 aromatic rings. The van der Waals surface area contributed by atoms with E-state index in [1.54, 1.807) is 0 Å². The molecule has 1 N–H and O–H groups in total. The molecule has 1 aromatic carbocycles. The van der Waals surface area contributed by atoms with Crippen molar-refractivity contribution in [3.05, 3.63) is 40.7 Å². The maximum Gasteiger partial charge on any atom is 0.271 e. The van der Waals surface area contributed by atoms with Crippen LogP contribution in [0.5, 0.6) is 0 Å². The van der Waals surface area contributed by atoms with Crippen molar-refractivity contribution in [2.45, 2.75) is 58.9 Å². The van der Waals surface area contributed by atoms with Crippen molar-refractivity contribution in [2.75, 3.05) is 26.2 Å². The SMILES string of the molecule is C[C@@H]1C[C@H](C)CN(CCCNC(=O)c2nc(-c3ccc(Cl)cc3)n3c2CCCCC3)C1. The van der Waals surface area contributed by atoms with E-state index in [9.17, 15) is 4.79 Å². The molecule has 6 heteroatoms. The molecule has 1 fully saturated rings. The lowest BCUT2D eigenvalue weighted by Gasteiger charge is -2.34. The van der Waals surface area contributed by atoms with E-state index in [2.05, 4.69) is 28.6 Å². The molecule has 0 unspecified atom stereocenters. The molecule has 2 aliphatic rings. The molecular weight excluding hydrogens is 408 g/mol. The number of hydrogen-bond acceptors (Lipinski definition) is 3. The fraction of sp³-hybridized carbons (Fsp3) is 0.600. The van der Waals surface area contributed by atoms with Crippen LogP contribution >= 0.6 is 11.6 Å². The monoisotopic (exact) mass is 442 g/mol. The average Bonchev–Trinajstić information content (AvgIpc) is 2.92. The number of nitrogens with zero attached hydrogens (tertiary/aromatic N) is 3. The Bertz CT molecular complexity index is 882. The van der Waals surface area contributed by atoms with E-state index in [1.165, 1.54) is 25.9 Å². The van der Waals surface area contributed by atoms with Crippen LogP contribution in [0.2, 0.25) is 5.02 Å². The molecule has 168 valence electrons. The Hall–Kier alpha value is -1.85. The standard InChI is InChI=1S/C25H35ClN4O/c1-18-15-19(2)17-29(16-18)13-6-12-27-25(31)23-22-7-4-3-5-14-30(22)24(28-23)20-8-10-21(26)11-9-20/h8-11,18-19H,3-7,12-17H2,1-2H3,(H,27,31)/t18-,19+. The molecule has 2 atom stereocenters. The number of fused-ring (bicyclic) bond motifs is 1. The predicted octanol–water partition coefficient (Wildman–Crippen LogP) is 5.03. The van der Waals surface area contributed by atoms with E-state index in [0.717, 1.165) is 67.7 Å². The summed E-state index contributed by atoms with van der Waals surface area (Å²) >= 11 is 6.07. The Labute approximate surface area is 191 Å². The Morgan fingerprint density at radius 3 is 2.61 bits per heavy atom. The summed E-state index contributed by atoms with van der Waals surface area (Å²) in [5.74, 6) is 2.39. The summed E-state index contributed by atoms with van der Waals surface area (Å²) < 4.78 is 2.25. The Balaban J connectivity index is 1.42. The van der Waals surface area contributed by atoms with Crippen molar-refractivity contribution in [3.8, 4) is 11.4 Å². The maximum absolute atomic E-state index is 13.1. The summed E-state index contributed by atoms with van der Waals surface area (Å²) in [6, 6.07) is 7.75. The number of piperidine rings is 1. The summed E-state index contributed by atoms with van der Waals surface area (Å²) in [6.07, 6.45) is 6.64. The summed E-state index contributed by atoms with van der Waals surface area (Å²) in [6.45, 7) is 9.70. The van der Waals surface area contributed by atoms with Gasteiger partial charge in [0.15, 0.2) is 0 Å². The van der Waals surface area contributed by atoms with Crippen LogP contribution in [0, 0.1) is 11.8 Å². The van der Waals surface area contributed by atoms with Gasteiger partial charge < -0.3 is 14.8 Å². The zero-order valence-electron chi connectivity index (χ0n) is 18.9. The number of imidazole rings is 1. The minimum atomic E-state index is -0.0359. The largest absolute Gasteiger partial charge is 0.351 e. The smallest absolute Gasteiger partial charge is 0.271 e. The molecule has 5 nitrogen and oxygen atoms in total. The number of amides is 1. The minimum Gasteiger partial charge on any atom is -0.351 e. The van der Waals surface area contributed by atoms with E-state index >= 15 is 0 Å². The first kappa shape index (κ1) is 22.3. The van der Waals surface area contributed by atoms with Crippen molar-refractivity contribution in [3.63, 3.8) is 0 Å². The first-order chi connectivity index (χ1) is 15.0. The molecule has 31 heavy (non-hydrogen) atoms. The highest BCUT2D eigenvalue weighted by Crippen LogP contribution is 2.28. The molecule has 0 saturated carbocycles. The zero-order chi connectivity index (χ0) is 21.8. The summed E-state index contributed by atoms with van der Waals surface area (Å²) in [4.78, 5) is 20.4. The van der Waals surface area contributed by atoms with Crippen LogP contribution in [0.25, 0.3) is 11.4 Å². The Morgan fingerprint density at radius 1 is 1.13 bits per heavy atom. The van der Waals surface area contributed by atoms with E-state index in [0.29, 0.717) is 17.3 Å². The Kier molecular flexibility index (Phi) is 7.34. The van der Waals surface area contributed by atoms with Gasteiger partial charge in [-0.05, 0) is 74.8 Å². The van der Waals surface area contributed by atoms with Gasteiger partial charge in [-0.2, -0.15) is 0 Å². The van der Waals surface area contributed by atoms with Crippen LogP contribution in [-0.2, 0) is 13.0 Å². The van der Waals surface area contributed by atoms with Crippen molar-refractivity contribution in [2.24, 2.45) is 11.8 Å². The zero-order valence-corrected chi connectivity index (χ0v) is 19.6. The highest BCUT2D eigenvalue weighted by molar-refractivity contribution is 6.30. The van der Waals surface area contributed by atoms with Gasteiger partial charge in [0, 0.05) is 36.8 Å². The van der Waals surface area contributed by atoms with Crippen molar-refractivity contribution < 1.29 is 4.79 Å². The molecule has 2 aliphatic heterocycles. The van der Waals surface area contributed by atoms with Gasteiger partial charge >= 0.3 is 0 Å². The Morgan fingerprint density at radius 2 is 1.87 bits per heavy atom. The number of nitrogens with one attached hydrogen (secondary N) is 1. The van der Waals surface area contributed by atoms with Crippen molar-refractivity contribution >= 4 is 17.5 Å². The third kappa shape index (κ3) is 5.50. The lowest BCUT2D eigenvalue weighted by molar-refractivity contribution is 0.0941. The average molecular weight is 443 g/mol. The quantitative estimate of drug-likeness (QED) is 0.638. The molecule has 4 rings (SSSR count). The fourth-order valence-corrected chi connectivity index (χ4v) is 5.41. The number of hydrogen-bond donors (Lipinski definition) is 1. The second-order valence-electron chi connectivity index (χ2n) is 9.51. The number of rotatable bonds is 6. The van der Waals surface area contributed by atoms with Crippen LogP contribution in [0.1, 0.15) is 62.1 Å². The second-order valence-corrected chi connectivity index (χ2v) is 9.95. The van der Waals surface area contributed by atoms with E-state index < -0.39 is 0 Å². The van der Waals surface area contributed by atoms with Crippen LogP contribution in [0.15, 0.2) is 24.3 Å². The number of halogens is 1. The van der Waals surface area contributed by atoms with Gasteiger partial charge in [0.05, 0.1) is 5.69 Å². The van der Waals surface area contributed by atoms with Crippen LogP contribution in [0.3, 0.4) is 0 Å². The van der Waals surface area contributed by atoms with Crippen molar-refractivity contribution in [1.82, 2.24) is 19.8 Å². The predicted molar refractivity (Wildman–Crippen MR) is 127 cm³/mol. The van der Waals surface area contributed by atoms with Gasteiger partial charge in [-0.1, -0.05) is 31.9 Å². The van der Waals surface area contributed by atoms with Gasteiger partial charge in [-0.3, -0.25) is 4.79 Å². The van der Waals surface area contributed by atoms with Gasteiger partial charge in [-0.15, -0.1) is 0 Å². The van der Waals surface area contributed by atoms with Crippen LogP contribution in [0.4, 0.5) is 0 Å². The van der Waals surface area contributed by atoms with Crippen LogP contribution < -0.4 is 5.32 Å². The molecule has 0 spiro atoms. The summed E-state index contributed by atoms with van der Waals surface area (Å²) in [7, 11) is 0. The van der Waals surface area contributed by atoms with Crippen LogP contribution in [-0.4, -0.2) is 46.5 Å². The second kappa shape index (κ2) is 10.2. The third-order valence-electron chi connectivity index (χ3n) is 6.57. The van der Waals surface area contributed by atoms with E-state index in [4.69, 9.17) is 16.6 Å². The topological polar surface area (TPSA) is 50.2 Å². The lowest BCUT2D eigenvalue weighted by atomic mass is 9.92. The lowest BCUT2D eigenvalue weighted by Crippen LogP contribution is -2.40. The fourth-order valence-electron chi connectivity index (χ4n) is 5.28. The minimum absolute atomic E-state index is 0.0359. The number of likely N-dealkylation sites (tertiary alicyclic amines) is 1. The number of carbonyl (C=O) groups excluding carboxylic acids is 1. The molecule has 1 saturated heterocycles. The number of carbonyl (C=O) groups is 1. The van der Waals surface area contributed by atoms with Gasteiger partial charge in [0.1, 0.15) is 11.5 Å². The highest BCUT2D eigenvalue weighted by atomic mass is 35.5. The molecular formula is C25H35ClN4O. The first-order valence-corrected chi connectivity index (χ1v) is 12.2. The van der Waals surface area contributed by atoms with E-state index in [1.807, 2.05) is 24.3 Å². The number of benzene rings is 1. The van der Waals surface area contributed by atoms with E-state index in [-0.39, 0.29) is 5.91 Å². The van der Waals surface area contributed by atoms with Gasteiger partial charge in [-0.25, -0.2) is 4.98 Å². The van der Waals surface area contributed by atoms with Gasteiger partial charge in [0.2, 0.25) is 0 Å². The molecule has 0 radical (unpaired) electrons. The molecule has 0 bridgehead atoms. The van der Waals surface area contributed by atoms with Gasteiger partial charge in [0.25, 0.3) is 5.91 Å². The number of aromatic nitrogens is 2.